The van der Waals surface area contributed by atoms with Crippen LogP contribution in [0.1, 0.15) is 39.0 Å². The van der Waals surface area contributed by atoms with Crippen molar-refractivity contribution in [2.45, 2.75) is 63.3 Å². The van der Waals surface area contributed by atoms with Crippen LogP contribution in [0, 0.1) is 17.8 Å². The number of nitrogens with one attached hydrogen (secondary N) is 2. The zero-order chi connectivity index (χ0) is 20.9. The first-order valence-corrected chi connectivity index (χ1v) is 10.7. The Morgan fingerprint density at radius 3 is 3.10 bits per heavy atom. The van der Waals surface area contributed by atoms with Gasteiger partial charge in [0.2, 0.25) is 0 Å². The number of nitrogens with zero attached hydrogens (tertiary/aromatic N) is 3. The standard InChI is InChI=1S/C24H29N5O/c1-3-7-24(30)28-19-10-11-20-22(13-19)29(16-27-20)23-14-21(25-15-26-23)17(2)12-18-8-5-4-6-9-18/h5,8,10-11,13,15-16,18,20-23H,2,4,6,9,12,14H2,1H3,(H,25,26)(H,28,30). The van der Waals surface area contributed by atoms with E-state index in [0.717, 1.165) is 18.5 Å². The van der Waals surface area contributed by atoms with Crippen LogP contribution in [0.2, 0.25) is 0 Å². The highest BCUT2D eigenvalue weighted by Crippen LogP contribution is 2.30. The largest absolute Gasteiger partial charge is 0.370 e. The van der Waals surface area contributed by atoms with Crippen LogP contribution < -0.4 is 10.6 Å². The van der Waals surface area contributed by atoms with E-state index in [0.29, 0.717) is 5.92 Å². The molecular formula is C24H29N5O. The predicted molar refractivity (Wildman–Crippen MR) is 121 cm³/mol. The minimum absolute atomic E-state index is 0.0104. The summed E-state index contributed by atoms with van der Waals surface area (Å²) < 4.78 is 0. The van der Waals surface area contributed by atoms with Gasteiger partial charge in [0, 0.05) is 12.1 Å². The van der Waals surface area contributed by atoms with Gasteiger partial charge in [-0.1, -0.05) is 36.3 Å². The lowest BCUT2D eigenvalue weighted by atomic mass is 9.87. The number of amides is 1. The highest BCUT2D eigenvalue weighted by Gasteiger charge is 2.36. The molecule has 0 aromatic rings. The van der Waals surface area contributed by atoms with Crippen molar-refractivity contribution in [2.24, 2.45) is 15.9 Å². The van der Waals surface area contributed by atoms with Crippen LogP contribution in [0.15, 0.2) is 58.2 Å². The van der Waals surface area contributed by atoms with Gasteiger partial charge in [-0.25, -0.2) is 0 Å². The molecule has 2 heterocycles. The molecule has 6 heteroatoms. The summed E-state index contributed by atoms with van der Waals surface area (Å²) in [5, 5.41) is 6.23. The number of rotatable bonds is 5. The van der Waals surface area contributed by atoms with Gasteiger partial charge in [0.05, 0.1) is 30.8 Å². The van der Waals surface area contributed by atoms with E-state index in [9.17, 15) is 4.79 Å². The maximum absolute atomic E-state index is 11.8. The molecule has 2 aliphatic heterocycles. The van der Waals surface area contributed by atoms with Crippen molar-refractivity contribution in [1.29, 1.82) is 0 Å². The monoisotopic (exact) mass is 403 g/mol. The summed E-state index contributed by atoms with van der Waals surface area (Å²) in [5.74, 6) is 5.44. The smallest absolute Gasteiger partial charge is 0.300 e. The van der Waals surface area contributed by atoms with Gasteiger partial charge in [0.25, 0.3) is 5.91 Å². The zero-order valence-corrected chi connectivity index (χ0v) is 17.4. The van der Waals surface area contributed by atoms with Gasteiger partial charge in [0.1, 0.15) is 6.17 Å². The van der Waals surface area contributed by atoms with Crippen molar-refractivity contribution < 1.29 is 4.79 Å². The first-order valence-electron chi connectivity index (χ1n) is 10.7. The third kappa shape index (κ3) is 4.56. The van der Waals surface area contributed by atoms with Crippen molar-refractivity contribution in [1.82, 2.24) is 15.5 Å². The van der Waals surface area contributed by atoms with Gasteiger partial charge >= 0.3 is 0 Å². The third-order valence-corrected chi connectivity index (χ3v) is 6.07. The van der Waals surface area contributed by atoms with E-state index in [1.54, 1.807) is 6.92 Å². The Bertz CT molecular complexity index is 900. The number of carbonyl (C=O) groups is 1. The molecule has 0 radical (unpaired) electrons. The van der Waals surface area contributed by atoms with Gasteiger partial charge < -0.3 is 15.5 Å². The van der Waals surface area contributed by atoms with Crippen LogP contribution in [0.4, 0.5) is 0 Å². The first-order chi connectivity index (χ1) is 14.6. The van der Waals surface area contributed by atoms with Crippen LogP contribution in [-0.2, 0) is 4.79 Å². The topological polar surface area (TPSA) is 69.1 Å². The molecule has 0 saturated carbocycles. The van der Waals surface area contributed by atoms with Crippen molar-refractivity contribution >= 4 is 18.6 Å². The molecule has 0 aromatic heterocycles. The molecule has 0 fully saturated rings. The fourth-order valence-electron chi connectivity index (χ4n) is 4.49. The number of aliphatic imine (C=N–C) groups is 2. The summed E-state index contributed by atoms with van der Waals surface area (Å²) in [6.07, 6.45) is 19.9. The van der Waals surface area contributed by atoms with Crippen molar-refractivity contribution in [3.8, 4) is 11.8 Å². The van der Waals surface area contributed by atoms with Crippen molar-refractivity contribution in [3.05, 3.63) is 48.2 Å². The summed E-state index contributed by atoms with van der Waals surface area (Å²) in [6.45, 7) is 6.03. The quantitative estimate of drug-likeness (QED) is 0.548. The van der Waals surface area contributed by atoms with Crippen LogP contribution >= 0.6 is 0 Å². The summed E-state index contributed by atoms with van der Waals surface area (Å²) >= 11 is 0. The maximum Gasteiger partial charge on any atom is 0.300 e. The molecule has 0 saturated heterocycles. The SMILES string of the molecule is C=C(CC1C=CCCC1)C1CC(N2C=NC3C=CC(NC(=O)C#CC)=CC32)N=CN1. The summed E-state index contributed by atoms with van der Waals surface area (Å²) in [4.78, 5) is 23.3. The Labute approximate surface area is 178 Å². The third-order valence-electron chi connectivity index (χ3n) is 6.07. The van der Waals surface area contributed by atoms with Gasteiger partial charge in [-0.3, -0.25) is 14.8 Å². The van der Waals surface area contributed by atoms with E-state index in [2.05, 4.69) is 56.1 Å². The maximum atomic E-state index is 11.8. The lowest BCUT2D eigenvalue weighted by Gasteiger charge is -2.36. The van der Waals surface area contributed by atoms with Crippen molar-refractivity contribution in [3.63, 3.8) is 0 Å². The Morgan fingerprint density at radius 2 is 2.30 bits per heavy atom. The molecule has 0 bridgehead atoms. The van der Waals surface area contributed by atoms with Gasteiger partial charge in [0.15, 0.2) is 0 Å². The van der Waals surface area contributed by atoms with Gasteiger partial charge in [-0.2, -0.15) is 0 Å². The molecule has 1 amide bonds. The van der Waals surface area contributed by atoms with E-state index in [4.69, 9.17) is 0 Å². The molecule has 6 nitrogen and oxygen atoms in total. The highest BCUT2D eigenvalue weighted by atomic mass is 16.1. The van der Waals surface area contributed by atoms with E-state index < -0.39 is 0 Å². The molecule has 5 atom stereocenters. The minimum atomic E-state index is -0.301. The fourth-order valence-corrected chi connectivity index (χ4v) is 4.49. The summed E-state index contributed by atoms with van der Waals surface area (Å²) in [5.41, 5.74) is 1.99. The number of carbonyl (C=O) groups excluding carboxylic acids is 1. The molecule has 156 valence electrons. The second-order valence-corrected chi connectivity index (χ2v) is 8.20. The Balaban J connectivity index is 1.40. The normalized spacial score (nSPS) is 31.3. The average molecular weight is 404 g/mol. The highest BCUT2D eigenvalue weighted by molar-refractivity contribution is 5.94. The van der Waals surface area contributed by atoms with Crippen LogP contribution in [0.5, 0.6) is 0 Å². The molecule has 0 spiro atoms. The summed E-state index contributed by atoms with van der Waals surface area (Å²) in [7, 11) is 0. The van der Waals surface area contributed by atoms with Gasteiger partial charge in [-0.05, 0) is 56.6 Å². The second kappa shape index (κ2) is 9.17. The summed E-state index contributed by atoms with van der Waals surface area (Å²) in [6, 6.07) is 0.287. The van der Waals surface area contributed by atoms with Crippen LogP contribution in [-0.4, -0.2) is 47.8 Å². The Hall–Kier alpha value is -3.07. The first kappa shape index (κ1) is 20.2. The number of allylic oxidation sites excluding steroid dienone is 3. The molecule has 4 rings (SSSR count). The van der Waals surface area contributed by atoms with E-state index in [-0.39, 0.29) is 30.2 Å². The van der Waals surface area contributed by atoms with Crippen LogP contribution in [0.3, 0.4) is 0 Å². The number of hydrogen-bond donors (Lipinski definition) is 2. The Kier molecular flexibility index (Phi) is 6.18. The van der Waals surface area contributed by atoms with Gasteiger partial charge in [-0.15, -0.1) is 0 Å². The minimum Gasteiger partial charge on any atom is -0.370 e. The van der Waals surface area contributed by atoms with E-state index in [1.807, 2.05) is 30.9 Å². The fraction of sp³-hybridized carbons (Fsp3) is 0.458. The number of fused-ring (bicyclic) bond motifs is 1. The lowest BCUT2D eigenvalue weighted by molar-refractivity contribution is -0.114. The predicted octanol–water partition coefficient (Wildman–Crippen LogP) is 2.68. The number of hydrogen-bond acceptors (Lipinski definition) is 5. The molecular weight excluding hydrogens is 374 g/mol. The second-order valence-electron chi connectivity index (χ2n) is 8.20. The van der Waals surface area contributed by atoms with Crippen LogP contribution in [0.25, 0.3) is 0 Å². The average Bonchev–Trinajstić information content (AvgIpc) is 3.18. The van der Waals surface area contributed by atoms with Crippen molar-refractivity contribution in [2.75, 3.05) is 0 Å². The van der Waals surface area contributed by atoms with E-state index >= 15 is 0 Å². The molecule has 2 N–H and O–H groups in total. The molecule has 0 aromatic carbocycles. The lowest BCUT2D eigenvalue weighted by Crippen LogP contribution is -2.48. The molecule has 4 aliphatic rings. The zero-order valence-electron chi connectivity index (χ0n) is 17.4. The Morgan fingerprint density at radius 1 is 1.40 bits per heavy atom. The molecule has 2 aliphatic carbocycles. The van der Waals surface area contributed by atoms with E-state index in [1.165, 1.54) is 24.8 Å². The molecule has 30 heavy (non-hydrogen) atoms. The molecule has 5 unspecified atom stereocenters.